The second-order valence-corrected chi connectivity index (χ2v) is 10.0. The predicted octanol–water partition coefficient (Wildman–Crippen LogP) is 8.38. The summed E-state index contributed by atoms with van der Waals surface area (Å²) in [5.74, 6) is 1.61. The molecule has 0 fully saturated rings. The summed E-state index contributed by atoms with van der Waals surface area (Å²) >= 11 is 0. The van der Waals surface area contributed by atoms with Crippen LogP contribution in [0.3, 0.4) is 0 Å². The third-order valence-corrected chi connectivity index (χ3v) is 7.16. The van der Waals surface area contributed by atoms with Gasteiger partial charge in [-0.3, -0.25) is 4.98 Å². The van der Waals surface area contributed by atoms with Crippen LogP contribution in [0.2, 0.25) is 0 Å². The number of hydrogen-bond donors (Lipinski definition) is 0. The normalized spacial score (nSPS) is 11.8. The number of benzene rings is 4. The first-order chi connectivity index (χ1) is 17.0. The zero-order valence-electron chi connectivity index (χ0n) is 21.3. The van der Waals surface area contributed by atoms with Crippen LogP contribution < -0.4 is 0 Å². The Labute approximate surface area is 226 Å². The molecule has 6 aromatic rings. The number of imidazole rings is 1. The molecule has 0 atom stereocenters. The van der Waals surface area contributed by atoms with E-state index >= 15 is 0 Å². The van der Waals surface area contributed by atoms with Crippen molar-refractivity contribution >= 4 is 32.8 Å². The van der Waals surface area contributed by atoms with Crippen LogP contribution in [0.25, 0.3) is 49.9 Å². The van der Waals surface area contributed by atoms with Crippen LogP contribution in [0.4, 0.5) is 0 Å². The van der Waals surface area contributed by atoms with Crippen molar-refractivity contribution in [1.29, 1.82) is 0 Å². The van der Waals surface area contributed by atoms with Crippen LogP contribution in [-0.4, -0.2) is 14.1 Å². The minimum atomic E-state index is 0. The number of nitrogens with zero attached hydrogens (tertiary/aromatic N) is 3. The first kappa shape index (κ1) is 24.5. The fraction of sp³-hybridized carbons (Fsp3) is 0.219. The molecule has 1 radical (unpaired) electrons. The van der Waals surface area contributed by atoms with Crippen LogP contribution in [0.5, 0.6) is 0 Å². The molecule has 0 spiro atoms. The molecule has 0 saturated heterocycles. The Morgan fingerprint density at radius 2 is 1.47 bits per heavy atom. The Morgan fingerprint density at radius 3 is 2.17 bits per heavy atom. The average Bonchev–Trinajstić information content (AvgIpc) is 3.39. The Bertz CT molecular complexity index is 1700. The molecule has 0 saturated carbocycles. The maximum atomic E-state index is 5.13. The van der Waals surface area contributed by atoms with Crippen molar-refractivity contribution in [2.75, 3.05) is 0 Å². The average molecular weight is 649 g/mol. The molecule has 0 N–H and O–H groups in total. The summed E-state index contributed by atoms with van der Waals surface area (Å²) in [6.45, 7) is 9.22. The summed E-state index contributed by atoms with van der Waals surface area (Å²) in [5.41, 5.74) is 9.68. The van der Waals surface area contributed by atoms with E-state index in [-0.39, 0.29) is 20.1 Å². The van der Waals surface area contributed by atoms with Crippen LogP contribution in [0, 0.1) is 6.07 Å². The van der Waals surface area contributed by atoms with Crippen molar-refractivity contribution in [3.63, 3.8) is 0 Å². The summed E-state index contributed by atoms with van der Waals surface area (Å²) in [4.78, 5) is 5.13. The molecule has 2 heterocycles. The smallest absolute Gasteiger partial charge is 0.0774 e. The van der Waals surface area contributed by atoms with Crippen LogP contribution in [0.15, 0.2) is 78.9 Å². The van der Waals surface area contributed by atoms with Gasteiger partial charge in [-0.1, -0.05) is 58.0 Å². The number of fused-ring (bicyclic) bond motifs is 4. The van der Waals surface area contributed by atoms with Crippen molar-refractivity contribution in [3.05, 3.63) is 96.1 Å². The van der Waals surface area contributed by atoms with E-state index in [1.54, 1.807) is 0 Å². The van der Waals surface area contributed by atoms with Gasteiger partial charge >= 0.3 is 0 Å². The van der Waals surface area contributed by atoms with E-state index < -0.39 is 0 Å². The molecule has 36 heavy (non-hydrogen) atoms. The second-order valence-electron chi connectivity index (χ2n) is 10.0. The second kappa shape index (κ2) is 9.35. The number of para-hydroxylation sites is 3. The van der Waals surface area contributed by atoms with Crippen molar-refractivity contribution in [3.8, 4) is 17.1 Å². The van der Waals surface area contributed by atoms with Crippen molar-refractivity contribution in [2.45, 2.75) is 39.5 Å². The fourth-order valence-corrected chi connectivity index (χ4v) is 5.59. The van der Waals surface area contributed by atoms with Crippen molar-refractivity contribution in [1.82, 2.24) is 14.1 Å². The molecular weight excluding hydrogens is 619 g/mol. The van der Waals surface area contributed by atoms with Crippen LogP contribution in [-0.2, 0) is 27.2 Å². The minimum absolute atomic E-state index is 0. The van der Waals surface area contributed by atoms with Crippen LogP contribution in [0.1, 0.15) is 50.7 Å². The summed E-state index contributed by atoms with van der Waals surface area (Å²) in [7, 11) is 2.20. The molecule has 4 aromatic carbocycles. The molecule has 0 aliphatic rings. The molecule has 0 bridgehead atoms. The fourth-order valence-electron chi connectivity index (χ4n) is 5.59. The summed E-state index contributed by atoms with van der Waals surface area (Å²) < 4.78 is 4.77. The van der Waals surface area contributed by atoms with E-state index in [0.717, 1.165) is 22.4 Å². The van der Waals surface area contributed by atoms with Gasteiger partial charge in [0.1, 0.15) is 0 Å². The third-order valence-electron chi connectivity index (χ3n) is 7.16. The first-order valence-corrected chi connectivity index (χ1v) is 12.5. The molecular formula is C32H30IrN3-. The van der Waals surface area contributed by atoms with E-state index in [9.17, 15) is 0 Å². The van der Waals surface area contributed by atoms with Gasteiger partial charge in [-0.2, -0.15) is 0 Å². The van der Waals surface area contributed by atoms with Crippen molar-refractivity contribution < 1.29 is 20.1 Å². The summed E-state index contributed by atoms with van der Waals surface area (Å²) in [6, 6.07) is 31.2. The topological polar surface area (TPSA) is 22.8 Å². The third kappa shape index (κ3) is 3.63. The van der Waals surface area contributed by atoms with Crippen LogP contribution >= 0.6 is 0 Å². The summed E-state index contributed by atoms with van der Waals surface area (Å²) in [5, 5.41) is 2.64. The SMILES string of the molecule is CC(C)c1cc2c3ccccc3n(C)c2c(C(C)C)c1-n1c(-c2[c-]cccc2)nc2ccccc21.[Ir]. The van der Waals surface area contributed by atoms with Crippen molar-refractivity contribution in [2.24, 2.45) is 7.05 Å². The molecule has 0 amide bonds. The quantitative estimate of drug-likeness (QED) is 0.176. The van der Waals surface area contributed by atoms with Gasteiger partial charge in [0.15, 0.2) is 0 Å². The Kier molecular flexibility index (Phi) is 6.36. The van der Waals surface area contributed by atoms with Gasteiger partial charge in [-0.05, 0) is 41.7 Å². The zero-order chi connectivity index (χ0) is 24.3. The predicted molar refractivity (Wildman–Crippen MR) is 148 cm³/mol. The van der Waals surface area contributed by atoms with E-state index in [4.69, 9.17) is 4.98 Å². The molecule has 0 unspecified atom stereocenters. The Hall–Kier alpha value is -3.20. The number of aryl methyl sites for hydroxylation is 1. The standard InChI is InChI=1S/C32H30N3.Ir/c1-20(2)24-19-25-23-15-9-11-17-27(23)34(5)30(25)29(21(3)4)31(24)35-28-18-12-10-16-26(28)33-32(35)22-13-7-6-8-14-22;/h6-13,15-21H,1-5H3;/q-1;. The van der Waals surface area contributed by atoms with Gasteiger partial charge in [-0.15, -0.1) is 35.9 Å². The summed E-state index contributed by atoms with van der Waals surface area (Å²) in [6.07, 6.45) is 0. The molecule has 6 rings (SSSR count). The van der Waals surface area contributed by atoms with Gasteiger partial charge in [0.2, 0.25) is 0 Å². The maximum absolute atomic E-state index is 5.13. The van der Waals surface area contributed by atoms with Gasteiger partial charge in [0.25, 0.3) is 0 Å². The van der Waals surface area contributed by atoms with E-state index in [2.05, 4.69) is 117 Å². The Balaban J connectivity index is 0.00000267. The molecule has 4 heteroatoms. The maximum Gasteiger partial charge on any atom is 0.0774 e. The van der Waals surface area contributed by atoms with E-state index in [1.807, 2.05) is 12.1 Å². The molecule has 3 nitrogen and oxygen atoms in total. The van der Waals surface area contributed by atoms with Gasteiger partial charge in [-0.25, -0.2) is 0 Å². The van der Waals surface area contributed by atoms with Gasteiger partial charge < -0.3 is 9.13 Å². The van der Waals surface area contributed by atoms with E-state index in [0.29, 0.717) is 11.8 Å². The number of aromatic nitrogens is 3. The van der Waals surface area contributed by atoms with E-state index in [1.165, 1.54) is 38.6 Å². The Morgan fingerprint density at radius 1 is 0.778 bits per heavy atom. The number of hydrogen-bond acceptors (Lipinski definition) is 1. The molecule has 183 valence electrons. The largest absolute Gasteiger partial charge is 0.343 e. The molecule has 2 aromatic heterocycles. The number of rotatable bonds is 4. The zero-order valence-corrected chi connectivity index (χ0v) is 23.7. The molecule has 0 aliphatic carbocycles. The monoisotopic (exact) mass is 649 g/mol. The molecule has 0 aliphatic heterocycles. The van der Waals surface area contributed by atoms with Gasteiger partial charge in [0, 0.05) is 54.7 Å². The minimum Gasteiger partial charge on any atom is -0.343 e. The van der Waals surface area contributed by atoms with Gasteiger partial charge in [0.05, 0.1) is 22.4 Å². The first-order valence-electron chi connectivity index (χ1n) is 12.5.